The highest BCUT2D eigenvalue weighted by Gasteiger charge is 2.05. The molecule has 0 saturated carbocycles. The molecular weight excluding hydrogens is 240 g/mol. The summed E-state index contributed by atoms with van der Waals surface area (Å²) < 4.78 is 0. The second kappa shape index (κ2) is 5.36. The van der Waals surface area contributed by atoms with Gasteiger partial charge in [-0.05, 0) is 11.6 Å². The van der Waals surface area contributed by atoms with Gasteiger partial charge in [-0.15, -0.1) is 0 Å². The highest BCUT2D eigenvalue weighted by Crippen LogP contribution is 2.09. The van der Waals surface area contributed by atoms with Crippen molar-refractivity contribution >= 4 is 23.3 Å². The Labute approximate surface area is 103 Å². The third-order valence-electron chi connectivity index (χ3n) is 1.99. The van der Waals surface area contributed by atoms with E-state index in [4.69, 9.17) is 11.6 Å². The van der Waals surface area contributed by atoms with E-state index in [0.29, 0.717) is 5.82 Å². The summed E-state index contributed by atoms with van der Waals surface area (Å²) in [5.74, 6) is 0.214. The van der Waals surface area contributed by atoms with E-state index in [0.717, 1.165) is 5.56 Å². The lowest BCUT2D eigenvalue weighted by Crippen LogP contribution is -2.15. The van der Waals surface area contributed by atoms with Crippen molar-refractivity contribution < 1.29 is 4.79 Å². The number of pyridine rings is 1. The van der Waals surface area contributed by atoms with Crippen LogP contribution in [0, 0.1) is 0 Å². The molecule has 2 heterocycles. The maximum absolute atomic E-state index is 11.7. The van der Waals surface area contributed by atoms with E-state index in [2.05, 4.69) is 20.3 Å². The number of carbonyl (C=O) groups is 1. The highest BCUT2D eigenvalue weighted by molar-refractivity contribution is 6.29. The van der Waals surface area contributed by atoms with Gasteiger partial charge in [-0.3, -0.25) is 9.78 Å². The van der Waals surface area contributed by atoms with E-state index in [-0.39, 0.29) is 17.5 Å². The molecule has 0 aliphatic rings. The first-order chi connectivity index (χ1) is 8.24. The first kappa shape index (κ1) is 11.5. The lowest BCUT2D eigenvalue weighted by molar-refractivity contribution is -0.115. The van der Waals surface area contributed by atoms with Gasteiger partial charge in [0.05, 0.1) is 6.42 Å². The minimum Gasteiger partial charge on any atom is -0.310 e. The van der Waals surface area contributed by atoms with Crippen LogP contribution in [0.3, 0.4) is 0 Å². The van der Waals surface area contributed by atoms with Gasteiger partial charge in [0.1, 0.15) is 17.3 Å². The Morgan fingerprint density at radius 2 is 2.29 bits per heavy atom. The molecule has 0 fully saturated rings. The normalized spacial score (nSPS) is 9.94. The summed E-state index contributed by atoms with van der Waals surface area (Å²) in [5, 5.41) is 2.92. The van der Waals surface area contributed by atoms with E-state index in [9.17, 15) is 4.79 Å². The number of aromatic nitrogens is 3. The van der Waals surface area contributed by atoms with Crippen molar-refractivity contribution in [3.05, 3.63) is 47.6 Å². The fourth-order valence-electron chi connectivity index (χ4n) is 1.28. The molecule has 2 rings (SSSR count). The monoisotopic (exact) mass is 248 g/mol. The molecule has 0 aliphatic heterocycles. The lowest BCUT2D eigenvalue weighted by atomic mass is 10.2. The predicted molar refractivity (Wildman–Crippen MR) is 63.6 cm³/mol. The first-order valence-corrected chi connectivity index (χ1v) is 5.28. The van der Waals surface area contributed by atoms with Crippen molar-refractivity contribution in [2.45, 2.75) is 6.42 Å². The van der Waals surface area contributed by atoms with Gasteiger partial charge in [-0.2, -0.15) is 0 Å². The van der Waals surface area contributed by atoms with Crippen LogP contribution in [0.2, 0.25) is 5.15 Å². The Morgan fingerprint density at radius 1 is 1.41 bits per heavy atom. The molecule has 0 aliphatic carbocycles. The average Bonchev–Trinajstić information content (AvgIpc) is 2.30. The van der Waals surface area contributed by atoms with Crippen LogP contribution in [0.25, 0.3) is 0 Å². The Morgan fingerprint density at radius 3 is 3.00 bits per heavy atom. The van der Waals surface area contributed by atoms with Crippen LogP contribution in [0.15, 0.2) is 36.9 Å². The second-order valence-electron chi connectivity index (χ2n) is 3.31. The molecule has 2 aromatic heterocycles. The zero-order valence-corrected chi connectivity index (χ0v) is 9.55. The van der Waals surface area contributed by atoms with Crippen molar-refractivity contribution in [3.63, 3.8) is 0 Å². The molecule has 17 heavy (non-hydrogen) atoms. The van der Waals surface area contributed by atoms with Crippen molar-refractivity contribution in [2.24, 2.45) is 0 Å². The minimum atomic E-state index is -0.173. The topological polar surface area (TPSA) is 67.8 Å². The number of nitrogens with zero attached hydrogens (tertiary/aromatic N) is 3. The van der Waals surface area contributed by atoms with Crippen molar-refractivity contribution in [1.82, 2.24) is 15.0 Å². The molecule has 0 spiro atoms. The zero-order chi connectivity index (χ0) is 12.1. The van der Waals surface area contributed by atoms with Gasteiger partial charge in [0.25, 0.3) is 0 Å². The number of hydrogen-bond donors (Lipinski definition) is 1. The van der Waals surface area contributed by atoms with E-state index in [1.807, 2.05) is 6.07 Å². The zero-order valence-electron chi connectivity index (χ0n) is 8.80. The quantitative estimate of drug-likeness (QED) is 0.840. The molecule has 86 valence electrons. The fourth-order valence-corrected chi connectivity index (χ4v) is 1.42. The summed E-state index contributed by atoms with van der Waals surface area (Å²) in [6.07, 6.45) is 4.84. The number of carbonyl (C=O) groups excluding carboxylic acids is 1. The summed E-state index contributed by atoms with van der Waals surface area (Å²) in [7, 11) is 0. The molecule has 1 N–H and O–H groups in total. The van der Waals surface area contributed by atoms with Crippen molar-refractivity contribution in [3.8, 4) is 0 Å². The van der Waals surface area contributed by atoms with Gasteiger partial charge in [-0.25, -0.2) is 9.97 Å². The molecule has 0 unspecified atom stereocenters. The molecular formula is C11H9ClN4O. The molecule has 0 aromatic carbocycles. The maximum atomic E-state index is 11.7. The van der Waals surface area contributed by atoms with Gasteiger partial charge < -0.3 is 5.32 Å². The Balaban J connectivity index is 1.98. The number of hydrogen-bond acceptors (Lipinski definition) is 4. The Kier molecular flexibility index (Phi) is 3.62. The molecule has 0 bridgehead atoms. The van der Waals surface area contributed by atoms with Crippen LogP contribution in [0.5, 0.6) is 0 Å². The van der Waals surface area contributed by atoms with Crippen LogP contribution in [-0.4, -0.2) is 20.9 Å². The van der Waals surface area contributed by atoms with E-state index < -0.39 is 0 Å². The average molecular weight is 249 g/mol. The summed E-state index contributed by atoms with van der Waals surface area (Å²) in [6.45, 7) is 0. The molecule has 5 nitrogen and oxygen atoms in total. The largest absolute Gasteiger partial charge is 0.310 e. The second-order valence-corrected chi connectivity index (χ2v) is 3.70. The number of rotatable bonds is 3. The van der Waals surface area contributed by atoms with Gasteiger partial charge in [0.15, 0.2) is 0 Å². The third kappa shape index (κ3) is 3.49. The van der Waals surface area contributed by atoms with E-state index in [1.54, 1.807) is 18.5 Å². The summed E-state index contributed by atoms with van der Waals surface area (Å²) in [6, 6.07) is 5.10. The van der Waals surface area contributed by atoms with Crippen LogP contribution in [0.4, 0.5) is 5.82 Å². The van der Waals surface area contributed by atoms with Crippen molar-refractivity contribution in [2.75, 3.05) is 5.32 Å². The van der Waals surface area contributed by atoms with Crippen LogP contribution in [-0.2, 0) is 11.2 Å². The molecule has 0 radical (unpaired) electrons. The first-order valence-electron chi connectivity index (χ1n) is 4.90. The Bertz CT molecular complexity index is 518. The number of nitrogens with one attached hydrogen (secondary N) is 1. The number of halogens is 1. The molecule has 0 saturated heterocycles. The summed E-state index contributed by atoms with van der Waals surface area (Å²) >= 11 is 5.68. The minimum absolute atomic E-state index is 0.173. The van der Waals surface area contributed by atoms with E-state index in [1.165, 1.54) is 12.4 Å². The number of anilines is 1. The third-order valence-corrected chi connectivity index (χ3v) is 2.20. The van der Waals surface area contributed by atoms with Crippen LogP contribution in [0.1, 0.15) is 5.56 Å². The number of amides is 1. The standard InChI is InChI=1S/C11H9ClN4O/c12-9-5-10(15-7-14-9)16-11(17)4-8-2-1-3-13-6-8/h1-3,5-7H,4H2,(H,14,15,16,17). The smallest absolute Gasteiger partial charge is 0.230 e. The fraction of sp³-hybridized carbons (Fsp3) is 0.0909. The van der Waals surface area contributed by atoms with Gasteiger partial charge in [0.2, 0.25) is 5.91 Å². The molecule has 1 amide bonds. The lowest BCUT2D eigenvalue weighted by Gasteiger charge is -2.03. The predicted octanol–water partition coefficient (Wildman–Crippen LogP) is 1.71. The van der Waals surface area contributed by atoms with Crippen LogP contribution >= 0.6 is 11.6 Å². The van der Waals surface area contributed by atoms with Crippen molar-refractivity contribution in [1.29, 1.82) is 0 Å². The van der Waals surface area contributed by atoms with Gasteiger partial charge >= 0.3 is 0 Å². The van der Waals surface area contributed by atoms with E-state index >= 15 is 0 Å². The highest BCUT2D eigenvalue weighted by atomic mass is 35.5. The molecule has 0 atom stereocenters. The summed E-state index contributed by atoms with van der Waals surface area (Å²) in [5.41, 5.74) is 0.838. The molecule has 2 aromatic rings. The molecule has 6 heteroatoms. The Hall–Kier alpha value is -2.01. The van der Waals surface area contributed by atoms with Crippen LogP contribution < -0.4 is 5.32 Å². The SMILES string of the molecule is O=C(Cc1cccnc1)Nc1cc(Cl)ncn1. The van der Waals surface area contributed by atoms with Gasteiger partial charge in [-0.1, -0.05) is 17.7 Å². The maximum Gasteiger partial charge on any atom is 0.230 e. The summed E-state index contributed by atoms with van der Waals surface area (Å²) in [4.78, 5) is 23.2. The van der Waals surface area contributed by atoms with Gasteiger partial charge in [0, 0.05) is 18.5 Å².